The first kappa shape index (κ1) is 10.4. The van der Waals surface area contributed by atoms with Gasteiger partial charge in [-0.2, -0.15) is 0 Å². The van der Waals surface area contributed by atoms with Gasteiger partial charge >= 0.3 is 0 Å². The number of hydrogen-bond donors (Lipinski definition) is 3. The average molecular weight is 216 g/mol. The van der Waals surface area contributed by atoms with Crippen LogP contribution in [0.15, 0.2) is 36.4 Å². The molecule has 2 rings (SSSR count). The number of para-hydroxylation sites is 1. The van der Waals surface area contributed by atoms with Crippen molar-refractivity contribution in [3.63, 3.8) is 0 Å². The Balaban J connectivity index is 2.69. The van der Waals surface area contributed by atoms with E-state index in [9.17, 15) is 15.3 Å². The molecule has 0 spiro atoms. The minimum atomic E-state index is 0.0635. The summed E-state index contributed by atoms with van der Waals surface area (Å²) in [5.41, 5.74) is 1.49. The number of phenolic OH excluding ortho intramolecular Hbond substituents is 3. The van der Waals surface area contributed by atoms with E-state index in [2.05, 4.69) is 0 Å². The molecular formula is C13H12O3. The third kappa shape index (κ3) is 1.67. The Morgan fingerprint density at radius 1 is 0.875 bits per heavy atom. The molecule has 0 bridgehead atoms. The Kier molecular flexibility index (Phi) is 2.44. The predicted molar refractivity (Wildman–Crippen MR) is 61.6 cm³/mol. The molecule has 0 fully saturated rings. The Hall–Kier alpha value is -2.16. The third-order valence-corrected chi connectivity index (χ3v) is 2.48. The van der Waals surface area contributed by atoms with Gasteiger partial charge in [0, 0.05) is 11.1 Å². The van der Waals surface area contributed by atoms with Crippen LogP contribution in [0.25, 0.3) is 11.1 Å². The van der Waals surface area contributed by atoms with Gasteiger partial charge in [0.25, 0.3) is 0 Å². The van der Waals surface area contributed by atoms with Crippen molar-refractivity contribution in [3.05, 3.63) is 42.0 Å². The van der Waals surface area contributed by atoms with Gasteiger partial charge in [-0.1, -0.05) is 18.2 Å². The topological polar surface area (TPSA) is 60.7 Å². The zero-order valence-electron chi connectivity index (χ0n) is 8.81. The van der Waals surface area contributed by atoms with Crippen molar-refractivity contribution >= 4 is 0 Å². The van der Waals surface area contributed by atoms with Crippen LogP contribution in [0.5, 0.6) is 17.2 Å². The second-order valence-corrected chi connectivity index (χ2v) is 3.68. The first-order chi connectivity index (χ1) is 7.59. The van der Waals surface area contributed by atoms with E-state index in [-0.39, 0.29) is 17.2 Å². The van der Waals surface area contributed by atoms with Gasteiger partial charge in [-0.15, -0.1) is 0 Å². The molecule has 3 nitrogen and oxygen atoms in total. The molecule has 16 heavy (non-hydrogen) atoms. The van der Waals surface area contributed by atoms with E-state index in [0.29, 0.717) is 16.7 Å². The molecule has 0 heterocycles. The predicted octanol–water partition coefficient (Wildman–Crippen LogP) is 2.78. The third-order valence-electron chi connectivity index (χ3n) is 2.48. The van der Waals surface area contributed by atoms with Crippen LogP contribution in [0.2, 0.25) is 0 Å². The molecule has 0 aliphatic rings. The van der Waals surface area contributed by atoms with Crippen LogP contribution < -0.4 is 0 Å². The largest absolute Gasteiger partial charge is 0.508 e. The quantitative estimate of drug-likeness (QED) is 0.642. The lowest BCUT2D eigenvalue weighted by atomic mass is 10.0. The van der Waals surface area contributed by atoms with Crippen molar-refractivity contribution in [3.8, 4) is 28.4 Å². The number of aromatic hydroxyl groups is 3. The number of benzene rings is 2. The molecule has 2 aromatic carbocycles. The smallest absolute Gasteiger partial charge is 0.126 e. The van der Waals surface area contributed by atoms with Crippen LogP contribution >= 0.6 is 0 Å². The maximum atomic E-state index is 9.88. The summed E-state index contributed by atoms with van der Waals surface area (Å²) in [5, 5.41) is 29.0. The number of aryl methyl sites for hydroxylation is 1. The van der Waals surface area contributed by atoms with E-state index < -0.39 is 0 Å². The summed E-state index contributed by atoms with van der Waals surface area (Å²) in [6.45, 7) is 1.69. The zero-order chi connectivity index (χ0) is 11.7. The van der Waals surface area contributed by atoms with E-state index in [4.69, 9.17) is 0 Å². The fourth-order valence-corrected chi connectivity index (χ4v) is 1.67. The molecule has 0 atom stereocenters. The molecule has 3 heteroatoms. The molecule has 0 saturated heterocycles. The number of rotatable bonds is 1. The van der Waals surface area contributed by atoms with Gasteiger partial charge in [0.05, 0.1) is 0 Å². The van der Waals surface area contributed by atoms with Gasteiger partial charge in [0.2, 0.25) is 0 Å². The Labute approximate surface area is 93.2 Å². The molecule has 0 aromatic heterocycles. The van der Waals surface area contributed by atoms with Crippen LogP contribution in [0.4, 0.5) is 0 Å². The second kappa shape index (κ2) is 3.77. The van der Waals surface area contributed by atoms with E-state index in [1.54, 1.807) is 25.1 Å². The lowest BCUT2D eigenvalue weighted by Gasteiger charge is -2.09. The normalized spacial score (nSPS) is 10.3. The summed E-state index contributed by atoms with van der Waals surface area (Å²) in [5.74, 6) is 0.204. The Bertz CT molecular complexity index is 533. The summed E-state index contributed by atoms with van der Waals surface area (Å²) in [4.78, 5) is 0. The van der Waals surface area contributed by atoms with Gasteiger partial charge in [-0.05, 0) is 30.7 Å². The van der Waals surface area contributed by atoms with E-state index in [1.165, 1.54) is 18.2 Å². The molecule has 0 radical (unpaired) electrons. The maximum absolute atomic E-state index is 9.88. The fourth-order valence-electron chi connectivity index (χ4n) is 1.67. The first-order valence-electron chi connectivity index (χ1n) is 4.90. The summed E-state index contributed by atoms with van der Waals surface area (Å²) in [6, 6.07) is 9.58. The summed E-state index contributed by atoms with van der Waals surface area (Å²) >= 11 is 0. The molecule has 0 aliphatic heterocycles. The van der Waals surface area contributed by atoms with Crippen LogP contribution in [0.3, 0.4) is 0 Å². The minimum Gasteiger partial charge on any atom is -0.508 e. The average Bonchev–Trinajstić information content (AvgIpc) is 2.24. The van der Waals surface area contributed by atoms with E-state index in [0.717, 1.165) is 0 Å². The van der Waals surface area contributed by atoms with E-state index >= 15 is 0 Å². The number of phenols is 3. The van der Waals surface area contributed by atoms with Crippen molar-refractivity contribution in [1.29, 1.82) is 0 Å². The van der Waals surface area contributed by atoms with Crippen LogP contribution in [0, 0.1) is 6.92 Å². The van der Waals surface area contributed by atoms with Gasteiger partial charge in [0.15, 0.2) is 0 Å². The second-order valence-electron chi connectivity index (χ2n) is 3.68. The van der Waals surface area contributed by atoms with Crippen LogP contribution in [-0.4, -0.2) is 15.3 Å². The summed E-state index contributed by atoms with van der Waals surface area (Å²) < 4.78 is 0. The lowest BCUT2D eigenvalue weighted by molar-refractivity contribution is 0.456. The SMILES string of the molecule is Cc1cc(O)cc(-c2ccccc2O)c1O. The maximum Gasteiger partial charge on any atom is 0.126 e. The Morgan fingerprint density at radius 2 is 1.56 bits per heavy atom. The van der Waals surface area contributed by atoms with Gasteiger partial charge in [-0.25, -0.2) is 0 Å². The Morgan fingerprint density at radius 3 is 2.25 bits per heavy atom. The molecule has 3 N–H and O–H groups in total. The van der Waals surface area contributed by atoms with Crippen molar-refractivity contribution in [2.45, 2.75) is 6.92 Å². The van der Waals surface area contributed by atoms with Crippen molar-refractivity contribution in [2.75, 3.05) is 0 Å². The lowest BCUT2D eigenvalue weighted by Crippen LogP contribution is -1.83. The van der Waals surface area contributed by atoms with Crippen molar-refractivity contribution < 1.29 is 15.3 Å². The van der Waals surface area contributed by atoms with Crippen molar-refractivity contribution in [1.82, 2.24) is 0 Å². The monoisotopic (exact) mass is 216 g/mol. The fraction of sp³-hybridized carbons (Fsp3) is 0.0769. The number of hydrogen-bond acceptors (Lipinski definition) is 3. The molecule has 2 aromatic rings. The van der Waals surface area contributed by atoms with Crippen molar-refractivity contribution in [2.24, 2.45) is 0 Å². The highest BCUT2D eigenvalue weighted by Crippen LogP contribution is 2.39. The highest BCUT2D eigenvalue weighted by Gasteiger charge is 2.11. The zero-order valence-corrected chi connectivity index (χ0v) is 8.81. The standard InChI is InChI=1S/C13H12O3/c1-8-6-9(14)7-11(13(8)16)10-4-2-3-5-12(10)15/h2-7,14-16H,1H3. The van der Waals surface area contributed by atoms with Crippen LogP contribution in [0.1, 0.15) is 5.56 Å². The van der Waals surface area contributed by atoms with Gasteiger partial charge in [-0.3, -0.25) is 0 Å². The highest BCUT2D eigenvalue weighted by molar-refractivity contribution is 5.77. The summed E-state index contributed by atoms with van der Waals surface area (Å²) in [7, 11) is 0. The minimum absolute atomic E-state index is 0.0635. The molecule has 0 amide bonds. The molecular weight excluding hydrogens is 204 g/mol. The van der Waals surface area contributed by atoms with E-state index in [1.807, 2.05) is 0 Å². The molecule has 0 aliphatic carbocycles. The first-order valence-corrected chi connectivity index (χ1v) is 4.90. The molecule has 82 valence electrons. The summed E-state index contributed by atoms with van der Waals surface area (Å²) in [6.07, 6.45) is 0. The molecule has 0 saturated carbocycles. The highest BCUT2D eigenvalue weighted by atomic mass is 16.3. The van der Waals surface area contributed by atoms with Gasteiger partial charge in [0.1, 0.15) is 17.2 Å². The van der Waals surface area contributed by atoms with Crippen LogP contribution in [-0.2, 0) is 0 Å². The molecule has 0 unspecified atom stereocenters. The van der Waals surface area contributed by atoms with Gasteiger partial charge < -0.3 is 15.3 Å².